The van der Waals surface area contributed by atoms with Gasteiger partial charge in [0, 0.05) is 30.1 Å². The summed E-state index contributed by atoms with van der Waals surface area (Å²) in [5.74, 6) is 3.53. The van der Waals surface area contributed by atoms with Gasteiger partial charge in [-0.1, -0.05) is 18.2 Å². The standard InChI is InChI=1S/C20H20N4O3/c1-25-16-5-3-2-4-14(16)13-22-20-21-9-8-19(24-20)23-15-6-7-17-18(12-15)27-11-10-26-17/h2-9,12H,10-11,13H2,1H3,(H2,21,22,23,24). The molecule has 4 rings (SSSR count). The Bertz CT molecular complexity index is 933. The molecule has 0 unspecified atom stereocenters. The first-order valence-corrected chi connectivity index (χ1v) is 8.67. The molecule has 1 aliphatic heterocycles. The molecule has 0 amide bonds. The van der Waals surface area contributed by atoms with Crippen LogP contribution in [0.15, 0.2) is 54.7 Å². The number of aromatic nitrogens is 2. The van der Waals surface area contributed by atoms with Crippen molar-refractivity contribution in [1.29, 1.82) is 0 Å². The van der Waals surface area contributed by atoms with Crippen LogP contribution in [0.1, 0.15) is 5.56 Å². The molecule has 0 radical (unpaired) electrons. The molecule has 0 fully saturated rings. The number of ether oxygens (including phenoxy) is 3. The Kier molecular flexibility index (Phi) is 4.91. The summed E-state index contributed by atoms with van der Waals surface area (Å²) in [7, 11) is 1.66. The smallest absolute Gasteiger partial charge is 0.224 e. The van der Waals surface area contributed by atoms with Crippen LogP contribution in [0.3, 0.4) is 0 Å². The maximum atomic E-state index is 5.61. The predicted octanol–water partition coefficient (Wildman–Crippen LogP) is 3.61. The van der Waals surface area contributed by atoms with Gasteiger partial charge in [-0.3, -0.25) is 0 Å². The van der Waals surface area contributed by atoms with Crippen molar-refractivity contribution in [1.82, 2.24) is 9.97 Å². The van der Waals surface area contributed by atoms with Gasteiger partial charge in [0.05, 0.1) is 7.11 Å². The third-order valence-corrected chi connectivity index (χ3v) is 4.10. The summed E-state index contributed by atoms with van der Waals surface area (Å²) < 4.78 is 16.5. The van der Waals surface area contributed by atoms with E-state index < -0.39 is 0 Å². The van der Waals surface area contributed by atoms with Crippen molar-refractivity contribution in [3.8, 4) is 17.2 Å². The van der Waals surface area contributed by atoms with E-state index >= 15 is 0 Å². The fraction of sp³-hybridized carbons (Fsp3) is 0.200. The van der Waals surface area contributed by atoms with Crippen LogP contribution in [0.25, 0.3) is 0 Å². The summed E-state index contributed by atoms with van der Waals surface area (Å²) in [6.45, 7) is 1.70. The lowest BCUT2D eigenvalue weighted by molar-refractivity contribution is 0.171. The van der Waals surface area contributed by atoms with Crippen LogP contribution < -0.4 is 24.8 Å². The molecule has 0 bridgehead atoms. The molecule has 3 aromatic rings. The number of fused-ring (bicyclic) bond motifs is 1. The van der Waals surface area contributed by atoms with Crippen molar-refractivity contribution in [2.75, 3.05) is 31.0 Å². The van der Waals surface area contributed by atoms with E-state index in [4.69, 9.17) is 14.2 Å². The van der Waals surface area contributed by atoms with E-state index in [0.717, 1.165) is 28.5 Å². The Morgan fingerprint density at radius 3 is 2.78 bits per heavy atom. The number of anilines is 3. The molecule has 0 saturated heterocycles. The predicted molar refractivity (Wildman–Crippen MR) is 103 cm³/mol. The Labute approximate surface area is 157 Å². The fourth-order valence-corrected chi connectivity index (χ4v) is 2.81. The summed E-state index contributed by atoms with van der Waals surface area (Å²) in [5, 5.41) is 6.49. The van der Waals surface area contributed by atoms with Crippen LogP contribution in [-0.2, 0) is 6.54 Å². The Morgan fingerprint density at radius 1 is 1.04 bits per heavy atom. The summed E-state index contributed by atoms with van der Waals surface area (Å²) >= 11 is 0. The van der Waals surface area contributed by atoms with Crippen molar-refractivity contribution in [3.05, 3.63) is 60.3 Å². The second kappa shape index (κ2) is 7.82. The molecular formula is C20H20N4O3. The van der Waals surface area contributed by atoms with Crippen LogP contribution in [0, 0.1) is 0 Å². The maximum absolute atomic E-state index is 5.61. The highest BCUT2D eigenvalue weighted by Crippen LogP contribution is 2.33. The van der Waals surface area contributed by atoms with Gasteiger partial charge in [0.25, 0.3) is 0 Å². The molecule has 1 aromatic heterocycles. The minimum Gasteiger partial charge on any atom is -0.496 e. The minimum absolute atomic E-state index is 0.531. The van der Waals surface area contributed by atoms with Crippen molar-refractivity contribution in [2.24, 2.45) is 0 Å². The minimum atomic E-state index is 0.531. The van der Waals surface area contributed by atoms with Gasteiger partial charge < -0.3 is 24.8 Å². The lowest BCUT2D eigenvalue weighted by Gasteiger charge is -2.19. The zero-order chi connectivity index (χ0) is 18.5. The Morgan fingerprint density at radius 2 is 1.89 bits per heavy atom. The molecule has 0 spiro atoms. The highest BCUT2D eigenvalue weighted by atomic mass is 16.6. The molecule has 0 atom stereocenters. The van der Waals surface area contributed by atoms with Gasteiger partial charge in [-0.15, -0.1) is 0 Å². The van der Waals surface area contributed by atoms with Crippen LogP contribution >= 0.6 is 0 Å². The molecule has 138 valence electrons. The summed E-state index contributed by atoms with van der Waals surface area (Å²) in [4.78, 5) is 8.78. The average Bonchev–Trinajstić information content (AvgIpc) is 2.72. The molecule has 27 heavy (non-hydrogen) atoms. The first kappa shape index (κ1) is 17.0. The Hall–Kier alpha value is -3.48. The molecule has 1 aliphatic rings. The van der Waals surface area contributed by atoms with E-state index in [-0.39, 0.29) is 0 Å². The number of methoxy groups -OCH3 is 1. The van der Waals surface area contributed by atoms with Gasteiger partial charge in [-0.05, 0) is 24.3 Å². The Balaban J connectivity index is 1.45. The van der Waals surface area contributed by atoms with E-state index in [1.165, 1.54) is 0 Å². The van der Waals surface area contributed by atoms with E-state index in [2.05, 4.69) is 20.6 Å². The number of benzene rings is 2. The highest BCUT2D eigenvalue weighted by Gasteiger charge is 2.12. The molecule has 7 nitrogen and oxygen atoms in total. The summed E-state index contributed by atoms with van der Waals surface area (Å²) in [5.41, 5.74) is 1.91. The van der Waals surface area contributed by atoms with Crippen LogP contribution in [0.4, 0.5) is 17.5 Å². The number of nitrogens with zero attached hydrogens (tertiary/aromatic N) is 2. The molecule has 0 aliphatic carbocycles. The number of nitrogens with one attached hydrogen (secondary N) is 2. The molecule has 2 heterocycles. The third kappa shape index (κ3) is 4.03. The molecule has 0 saturated carbocycles. The summed E-state index contributed by atoms with van der Waals surface area (Å²) in [6.07, 6.45) is 1.71. The lowest BCUT2D eigenvalue weighted by atomic mass is 10.2. The average molecular weight is 364 g/mol. The van der Waals surface area contributed by atoms with Crippen LogP contribution in [0.2, 0.25) is 0 Å². The molecule has 2 N–H and O–H groups in total. The highest BCUT2D eigenvalue weighted by molar-refractivity contribution is 5.62. The van der Waals surface area contributed by atoms with Gasteiger partial charge in [0.2, 0.25) is 5.95 Å². The lowest BCUT2D eigenvalue weighted by Crippen LogP contribution is -2.15. The van der Waals surface area contributed by atoms with E-state index in [1.54, 1.807) is 13.3 Å². The maximum Gasteiger partial charge on any atom is 0.224 e. The number of rotatable bonds is 6. The van der Waals surface area contributed by atoms with Gasteiger partial charge >= 0.3 is 0 Å². The second-order valence-electron chi connectivity index (χ2n) is 5.91. The molecular weight excluding hydrogens is 344 g/mol. The third-order valence-electron chi connectivity index (χ3n) is 4.10. The zero-order valence-electron chi connectivity index (χ0n) is 14.9. The van der Waals surface area contributed by atoms with Gasteiger partial charge in [0.1, 0.15) is 24.8 Å². The van der Waals surface area contributed by atoms with Gasteiger partial charge in [-0.25, -0.2) is 4.98 Å². The van der Waals surface area contributed by atoms with Gasteiger partial charge in [-0.2, -0.15) is 4.98 Å². The second-order valence-corrected chi connectivity index (χ2v) is 5.91. The van der Waals surface area contributed by atoms with Crippen molar-refractivity contribution in [2.45, 2.75) is 6.54 Å². The van der Waals surface area contributed by atoms with E-state index in [1.807, 2.05) is 48.5 Å². The topological polar surface area (TPSA) is 77.5 Å². The van der Waals surface area contributed by atoms with E-state index in [0.29, 0.717) is 31.5 Å². The van der Waals surface area contributed by atoms with Crippen molar-refractivity contribution >= 4 is 17.5 Å². The number of hydrogen-bond acceptors (Lipinski definition) is 7. The normalized spacial score (nSPS) is 12.3. The van der Waals surface area contributed by atoms with Crippen LogP contribution in [-0.4, -0.2) is 30.3 Å². The fourth-order valence-electron chi connectivity index (χ4n) is 2.81. The van der Waals surface area contributed by atoms with Gasteiger partial charge in [0.15, 0.2) is 11.5 Å². The van der Waals surface area contributed by atoms with E-state index in [9.17, 15) is 0 Å². The largest absolute Gasteiger partial charge is 0.496 e. The monoisotopic (exact) mass is 364 g/mol. The molecule has 2 aromatic carbocycles. The first-order valence-electron chi connectivity index (χ1n) is 8.67. The number of hydrogen-bond donors (Lipinski definition) is 2. The first-order chi connectivity index (χ1) is 13.3. The van der Waals surface area contributed by atoms with Crippen molar-refractivity contribution < 1.29 is 14.2 Å². The SMILES string of the molecule is COc1ccccc1CNc1nccc(Nc2ccc3c(c2)OCCO3)n1. The van der Waals surface area contributed by atoms with Crippen LogP contribution in [0.5, 0.6) is 17.2 Å². The number of para-hydroxylation sites is 1. The quantitative estimate of drug-likeness (QED) is 0.692. The van der Waals surface area contributed by atoms with Crippen molar-refractivity contribution in [3.63, 3.8) is 0 Å². The molecule has 7 heteroatoms. The summed E-state index contributed by atoms with van der Waals surface area (Å²) in [6, 6.07) is 15.4. The zero-order valence-corrected chi connectivity index (χ0v) is 14.9.